The molecule has 16 heavy (non-hydrogen) atoms. The zero-order chi connectivity index (χ0) is 11.8. The first kappa shape index (κ1) is 12.8. The van der Waals surface area contributed by atoms with Gasteiger partial charge in [-0.15, -0.1) is 0 Å². The molecular weight excluding hydrogens is 208 g/mol. The molecule has 90 valence electrons. The van der Waals surface area contributed by atoms with Crippen molar-refractivity contribution in [2.24, 2.45) is 5.11 Å². The molecule has 1 fully saturated rings. The normalized spacial score (nSPS) is 21.2. The van der Waals surface area contributed by atoms with Gasteiger partial charge < -0.3 is 4.74 Å². The van der Waals surface area contributed by atoms with Gasteiger partial charge in [-0.2, -0.15) is 0 Å². The SMILES string of the molecule is CCOC(=O)C1CCCCN1CCN=[N+]=[N-]. The Balaban J connectivity index is 2.49. The van der Waals surface area contributed by atoms with E-state index in [0.29, 0.717) is 19.7 Å². The maximum atomic E-state index is 11.7. The maximum absolute atomic E-state index is 11.7. The predicted octanol–water partition coefficient (Wildman–Crippen LogP) is 1.71. The lowest BCUT2D eigenvalue weighted by Crippen LogP contribution is -2.46. The van der Waals surface area contributed by atoms with Gasteiger partial charge in [0.2, 0.25) is 0 Å². The van der Waals surface area contributed by atoms with Gasteiger partial charge >= 0.3 is 5.97 Å². The number of nitrogens with zero attached hydrogens (tertiary/aromatic N) is 4. The molecular formula is C10H18N4O2. The third-order valence-electron chi connectivity index (χ3n) is 2.72. The Labute approximate surface area is 95.2 Å². The van der Waals surface area contributed by atoms with Crippen LogP contribution in [0.1, 0.15) is 26.2 Å². The summed E-state index contributed by atoms with van der Waals surface area (Å²) < 4.78 is 5.03. The zero-order valence-corrected chi connectivity index (χ0v) is 9.63. The van der Waals surface area contributed by atoms with Gasteiger partial charge in [-0.3, -0.25) is 9.69 Å². The fourth-order valence-electron chi connectivity index (χ4n) is 1.98. The molecule has 1 aliphatic rings. The maximum Gasteiger partial charge on any atom is 0.323 e. The van der Waals surface area contributed by atoms with E-state index in [-0.39, 0.29) is 12.0 Å². The number of azide groups is 1. The minimum atomic E-state index is -0.150. The van der Waals surface area contributed by atoms with Crippen molar-refractivity contribution >= 4 is 5.97 Å². The molecule has 6 heteroatoms. The van der Waals surface area contributed by atoms with Gasteiger partial charge in [0.1, 0.15) is 6.04 Å². The summed E-state index contributed by atoms with van der Waals surface area (Å²) in [5, 5.41) is 3.49. The molecule has 1 saturated heterocycles. The van der Waals surface area contributed by atoms with Gasteiger partial charge in [-0.1, -0.05) is 11.5 Å². The lowest BCUT2D eigenvalue weighted by Gasteiger charge is -2.33. The Hall–Kier alpha value is -1.26. The predicted molar refractivity (Wildman–Crippen MR) is 59.9 cm³/mol. The van der Waals surface area contributed by atoms with E-state index >= 15 is 0 Å². The Morgan fingerprint density at radius 3 is 3.12 bits per heavy atom. The molecule has 0 amide bonds. The molecule has 0 radical (unpaired) electrons. The van der Waals surface area contributed by atoms with Crippen LogP contribution < -0.4 is 0 Å². The van der Waals surface area contributed by atoms with E-state index in [9.17, 15) is 4.79 Å². The quantitative estimate of drug-likeness (QED) is 0.310. The van der Waals surface area contributed by atoms with Crippen molar-refractivity contribution < 1.29 is 9.53 Å². The summed E-state index contributed by atoms with van der Waals surface area (Å²) in [6.45, 7) is 4.15. The highest BCUT2D eigenvalue weighted by Gasteiger charge is 2.28. The van der Waals surface area contributed by atoms with Crippen molar-refractivity contribution in [1.82, 2.24) is 4.90 Å². The van der Waals surface area contributed by atoms with E-state index in [1.807, 2.05) is 6.92 Å². The minimum absolute atomic E-state index is 0.150. The Morgan fingerprint density at radius 1 is 1.62 bits per heavy atom. The standard InChI is InChI=1S/C10H18N4O2/c1-2-16-10(15)9-5-3-4-7-14(9)8-6-12-13-11/h9H,2-8H2,1H3. The van der Waals surface area contributed by atoms with Crippen molar-refractivity contribution in [3.05, 3.63) is 10.4 Å². The van der Waals surface area contributed by atoms with Crippen LogP contribution in [0.15, 0.2) is 5.11 Å². The van der Waals surface area contributed by atoms with Crippen LogP contribution in [-0.2, 0) is 9.53 Å². The number of piperidine rings is 1. The van der Waals surface area contributed by atoms with Crippen molar-refractivity contribution in [3.8, 4) is 0 Å². The average molecular weight is 226 g/mol. The third kappa shape index (κ3) is 3.72. The van der Waals surface area contributed by atoms with Crippen LogP contribution >= 0.6 is 0 Å². The number of ether oxygens (including phenoxy) is 1. The van der Waals surface area contributed by atoms with Gasteiger partial charge in [0.15, 0.2) is 0 Å². The molecule has 0 bridgehead atoms. The molecule has 6 nitrogen and oxygen atoms in total. The van der Waals surface area contributed by atoms with Crippen molar-refractivity contribution in [2.75, 3.05) is 26.2 Å². The first-order valence-electron chi connectivity index (χ1n) is 5.71. The van der Waals surface area contributed by atoms with Crippen molar-refractivity contribution in [2.45, 2.75) is 32.2 Å². The Bertz CT molecular complexity index is 276. The summed E-state index contributed by atoms with van der Waals surface area (Å²) in [6, 6.07) is -0.150. The van der Waals surface area contributed by atoms with Crippen molar-refractivity contribution in [1.29, 1.82) is 0 Å². The summed E-state index contributed by atoms with van der Waals surface area (Å²) in [5.74, 6) is -0.150. The smallest absolute Gasteiger partial charge is 0.323 e. The van der Waals surface area contributed by atoms with Gasteiger partial charge in [-0.25, -0.2) is 0 Å². The van der Waals surface area contributed by atoms with E-state index in [1.165, 1.54) is 0 Å². The lowest BCUT2D eigenvalue weighted by atomic mass is 10.0. The largest absolute Gasteiger partial charge is 0.465 e. The summed E-state index contributed by atoms with van der Waals surface area (Å²) in [6.07, 6.45) is 2.99. The van der Waals surface area contributed by atoms with Crippen LogP contribution in [0.25, 0.3) is 10.4 Å². The molecule has 1 aliphatic heterocycles. The fourth-order valence-corrected chi connectivity index (χ4v) is 1.98. The molecule has 1 heterocycles. The fraction of sp³-hybridized carbons (Fsp3) is 0.900. The molecule has 0 spiro atoms. The van der Waals surface area contributed by atoms with Gasteiger partial charge in [0.25, 0.3) is 0 Å². The van der Waals surface area contributed by atoms with Crippen LogP contribution in [0.5, 0.6) is 0 Å². The van der Waals surface area contributed by atoms with E-state index in [4.69, 9.17) is 10.3 Å². The third-order valence-corrected chi connectivity index (χ3v) is 2.72. The number of hydrogen-bond donors (Lipinski definition) is 0. The summed E-state index contributed by atoms with van der Waals surface area (Å²) in [7, 11) is 0. The Morgan fingerprint density at radius 2 is 2.44 bits per heavy atom. The molecule has 0 aromatic rings. The second kappa shape index (κ2) is 7.09. The second-order valence-electron chi connectivity index (χ2n) is 3.75. The van der Waals surface area contributed by atoms with E-state index in [0.717, 1.165) is 25.8 Å². The number of esters is 1. The molecule has 0 N–H and O–H groups in total. The number of likely N-dealkylation sites (tertiary alicyclic amines) is 1. The average Bonchev–Trinajstić information content (AvgIpc) is 2.30. The van der Waals surface area contributed by atoms with Crippen LogP contribution in [0.3, 0.4) is 0 Å². The van der Waals surface area contributed by atoms with Gasteiger partial charge in [0.05, 0.1) is 6.61 Å². The van der Waals surface area contributed by atoms with Crippen LogP contribution in [0.4, 0.5) is 0 Å². The molecule has 1 unspecified atom stereocenters. The first-order valence-corrected chi connectivity index (χ1v) is 5.71. The van der Waals surface area contributed by atoms with Gasteiger partial charge in [0, 0.05) is 18.0 Å². The van der Waals surface area contributed by atoms with E-state index in [1.54, 1.807) is 0 Å². The number of hydrogen-bond acceptors (Lipinski definition) is 4. The van der Waals surface area contributed by atoms with Crippen molar-refractivity contribution in [3.63, 3.8) is 0 Å². The number of carbonyl (C=O) groups is 1. The van der Waals surface area contributed by atoms with Crippen LogP contribution in [0, 0.1) is 0 Å². The summed E-state index contributed by atoms with van der Waals surface area (Å²) in [4.78, 5) is 16.4. The number of rotatable bonds is 5. The highest BCUT2D eigenvalue weighted by atomic mass is 16.5. The van der Waals surface area contributed by atoms with E-state index < -0.39 is 0 Å². The number of carbonyl (C=O) groups excluding carboxylic acids is 1. The topological polar surface area (TPSA) is 78.3 Å². The zero-order valence-electron chi connectivity index (χ0n) is 9.63. The summed E-state index contributed by atoms with van der Waals surface area (Å²) >= 11 is 0. The summed E-state index contributed by atoms with van der Waals surface area (Å²) in [5.41, 5.74) is 8.20. The highest BCUT2D eigenvalue weighted by molar-refractivity contribution is 5.75. The van der Waals surface area contributed by atoms with Crippen LogP contribution in [0.2, 0.25) is 0 Å². The highest BCUT2D eigenvalue weighted by Crippen LogP contribution is 2.17. The molecule has 0 aliphatic carbocycles. The first-order chi connectivity index (χ1) is 7.79. The second-order valence-corrected chi connectivity index (χ2v) is 3.75. The minimum Gasteiger partial charge on any atom is -0.465 e. The molecule has 1 rings (SSSR count). The van der Waals surface area contributed by atoms with Crippen LogP contribution in [-0.4, -0.2) is 43.2 Å². The van der Waals surface area contributed by atoms with Gasteiger partial charge in [-0.05, 0) is 31.8 Å². The molecule has 0 saturated carbocycles. The molecule has 1 atom stereocenters. The monoisotopic (exact) mass is 226 g/mol. The molecule has 0 aromatic heterocycles. The lowest BCUT2D eigenvalue weighted by molar-refractivity contribution is -0.150. The Kier molecular flexibility index (Phi) is 5.67. The molecule has 0 aromatic carbocycles. The van der Waals surface area contributed by atoms with E-state index in [2.05, 4.69) is 14.9 Å².